The number of hydrogen-bond acceptors (Lipinski definition) is 1. The molecule has 1 nitrogen and oxygen atoms in total. The predicted octanol–water partition coefficient (Wildman–Crippen LogP) is 5.06. The van der Waals surface area contributed by atoms with Crippen molar-refractivity contribution in [2.24, 2.45) is 0 Å². The van der Waals surface area contributed by atoms with Gasteiger partial charge in [0.25, 0.3) is 0 Å². The average molecular weight is 291 g/mol. The standard InChI is InChI=1S/C16H9F4N/c17-11-6-7-14-13(8-11)12(10-4-2-1-3-5-10)9-15(21-14)16(18,19)20/h1-9H. The summed E-state index contributed by atoms with van der Waals surface area (Å²) in [6.07, 6.45) is -4.55. The first kappa shape index (κ1) is 13.5. The highest BCUT2D eigenvalue weighted by Crippen LogP contribution is 2.35. The lowest BCUT2D eigenvalue weighted by Crippen LogP contribution is -2.08. The van der Waals surface area contributed by atoms with E-state index in [1.54, 1.807) is 30.3 Å². The van der Waals surface area contributed by atoms with Gasteiger partial charge in [0.1, 0.15) is 11.5 Å². The highest BCUT2D eigenvalue weighted by molar-refractivity contribution is 5.94. The van der Waals surface area contributed by atoms with Crippen LogP contribution in [0.3, 0.4) is 0 Å². The molecular formula is C16H9F4N. The summed E-state index contributed by atoms with van der Waals surface area (Å²) in [5, 5.41) is 0.356. The molecule has 21 heavy (non-hydrogen) atoms. The average Bonchev–Trinajstić information content (AvgIpc) is 2.46. The van der Waals surface area contributed by atoms with Crippen LogP contribution in [-0.2, 0) is 6.18 Å². The van der Waals surface area contributed by atoms with E-state index in [9.17, 15) is 17.6 Å². The van der Waals surface area contributed by atoms with E-state index in [0.29, 0.717) is 16.5 Å². The van der Waals surface area contributed by atoms with Crippen LogP contribution in [0, 0.1) is 5.82 Å². The molecule has 0 unspecified atom stereocenters. The molecule has 0 bridgehead atoms. The minimum Gasteiger partial charge on any atom is -0.243 e. The summed E-state index contributed by atoms with van der Waals surface area (Å²) in [6.45, 7) is 0. The number of aromatic nitrogens is 1. The fourth-order valence-corrected chi connectivity index (χ4v) is 2.20. The normalized spacial score (nSPS) is 11.8. The van der Waals surface area contributed by atoms with E-state index in [2.05, 4.69) is 4.98 Å². The van der Waals surface area contributed by atoms with Crippen LogP contribution in [0.4, 0.5) is 17.6 Å². The van der Waals surface area contributed by atoms with Gasteiger partial charge in [-0.15, -0.1) is 0 Å². The molecule has 0 saturated carbocycles. The number of pyridine rings is 1. The van der Waals surface area contributed by atoms with Crippen LogP contribution in [0.2, 0.25) is 0 Å². The summed E-state index contributed by atoms with van der Waals surface area (Å²) < 4.78 is 52.3. The molecule has 0 radical (unpaired) electrons. The quantitative estimate of drug-likeness (QED) is 0.571. The van der Waals surface area contributed by atoms with Crippen LogP contribution in [0.15, 0.2) is 54.6 Å². The van der Waals surface area contributed by atoms with Gasteiger partial charge in [-0.3, -0.25) is 0 Å². The number of nitrogens with zero attached hydrogens (tertiary/aromatic N) is 1. The van der Waals surface area contributed by atoms with Crippen LogP contribution in [0.5, 0.6) is 0 Å². The van der Waals surface area contributed by atoms with Crippen molar-refractivity contribution in [3.63, 3.8) is 0 Å². The van der Waals surface area contributed by atoms with Crippen molar-refractivity contribution in [2.75, 3.05) is 0 Å². The van der Waals surface area contributed by atoms with E-state index in [4.69, 9.17) is 0 Å². The maximum absolute atomic E-state index is 13.4. The number of benzene rings is 2. The summed E-state index contributed by atoms with van der Waals surface area (Å²) in [4.78, 5) is 3.58. The van der Waals surface area contributed by atoms with Gasteiger partial charge >= 0.3 is 6.18 Å². The van der Waals surface area contributed by atoms with Crippen molar-refractivity contribution in [2.45, 2.75) is 6.18 Å². The van der Waals surface area contributed by atoms with E-state index in [-0.39, 0.29) is 5.52 Å². The molecule has 1 aromatic heterocycles. The van der Waals surface area contributed by atoms with Crippen molar-refractivity contribution < 1.29 is 17.6 Å². The first-order valence-electron chi connectivity index (χ1n) is 6.18. The topological polar surface area (TPSA) is 12.9 Å². The Bertz CT molecular complexity index is 794. The molecule has 106 valence electrons. The molecule has 1 heterocycles. The maximum Gasteiger partial charge on any atom is 0.433 e. The molecule has 2 aromatic carbocycles. The lowest BCUT2D eigenvalue weighted by molar-refractivity contribution is -0.140. The molecule has 0 aliphatic rings. The Labute approximate surface area is 117 Å². The molecule has 0 aliphatic heterocycles. The molecule has 0 atom stereocenters. The van der Waals surface area contributed by atoms with E-state index >= 15 is 0 Å². The molecule has 0 aliphatic carbocycles. The number of rotatable bonds is 1. The predicted molar refractivity (Wildman–Crippen MR) is 72.1 cm³/mol. The second-order valence-corrected chi connectivity index (χ2v) is 4.58. The molecule has 3 rings (SSSR count). The van der Waals surface area contributed by atoms with Gasteiger partial charge in [0.05, 0.1) is 5.52 Å². The smallest absolute Gasteiger partial charge is 0.243 e. The van der Waals surface area contributed by atoms with E-state index in [1.807, 2.05) is 0 Å². The Balaban J connectivity index is 2.36. The van der Waals surface area contributed by atoms with E-state index in [0.717, 1.165) is 12.1 Å². The van der Waals surface area contributed by atoms with Gasteiger partial charge in [0.15, 0.2) is 0 Å². The monoisotopic (exact) mass is 291 g/mol. The summed E-state index contributed by atoms with van der Waals surface area (Å²) in [5.41, 5.74) is 0.0268. The van der Waals surface area contributed by atoms with Crippen molar-refractivity contribution in [3.8, 4) is 11.1 Å². The SMILES string of the molecule is Fc1ccc2nc(C(F)(F)F)cc(-c3ccccc3)c2c1. The number of hydrogen-bond donors (Lipinski definition) is 0. The zero-order valence-corrected chi connectivity index (χ0v) is 10.7. The third-order valence-corrected chi connectivity index (χ3v) is 3.15. The lowest BCUT2D eigenvalue weighted by atomic mass is 10.00. The summed E-state index contributed by atoms with van der Waals surface area (Å²) >= 11 is 0. The lowest BCUT2D eigenvalue weighted by Gasteiger charge is -2.12. The maximum atomic E-state index is 13.4. The summed E-state index contributed by atoms with van der Waals surface area (Å²) in [5.74, 6) is -0.513. The molecule has 0 fully saturated rings. The van der Waals surface area contributed by atoms with Gasteiger partial charge in [-0.05, 0) is 35.4 Å². The third-order valence-electron chi connectivity index (χ3n) is 3.15. The number of halogens is 4. The minimum atomic E-state index is -4.55. The molecule has 3 aromatic rings. The molecule has 0 amide bonds. The summed E-state index contributed by atoms with van der Waals surface area (Å²) in [7, 11) is 0. The zero-order valence-electron chi connectivity index (χ0n) is 10.7. The van der Waals surface area contributed by atoms with Gasteiger partial charge in [-0.2, -0.15) is 13.2 Å². The van der Waals surface area contributed by atoms with Crippen molar-refractivity contribution in [1.29, 1.82) is 0 Å². The summed E-state index contributed by atoms with van der Waals surface area (Å²) in [6, 6.07) is 13.1. The Morgan fingerprint density at radius 3 is 2.24 bits per heavy atom. The fraction of sp³-hybridized carbons (Fsp3) is 0.0625. The first-order chi connectivity index (χ1) is 9.95. The Morgan fingerprint density at radius 2 is 1.57 bits per heavy atom. The molecule has 0 N–H and O–H groups in total. The molecule has 5 heteroatoms. The third kappa shape index (κ3) is 2.59. The van der Waals surface area contributed by atoms with Gasteiger partial charge in [0.2, 0.25) is 0 Å². The van der Waals surface area contributed by atoms with Gasteiger partial charge in [0, 0.05) is 5.39 Å². The Kier molecular flexibility index (Phi) is 3.12. The second kappa shape index (κ2) is 4.84. The van der Waals surface area contributed by atoms with E-state index < -0.39 is 17.7 Å². The van der Waals surface area contributed by atoms with Crippen LogP contribution < -0.4 is 0 Å². The van der Waals surface area contributed by atoms with Crippen molar-refractivity contribution >= 4 is 10.9 Å². The largest absolute Gasteiger partial charge is 0.433 e. The van der Waals surface area contributed by atoms with E-state index in [1.165, 1.54) is 12.1 Å². The highest BCUT2D eigenvalue weighted by atomic mass is 19.4. The van der Waals surface area contributed by atoms with Crippen LogP contribution in [0.25, 0.3) is 22.0 Å². The van der Waals surface area contributed by atoms with Gasteiger partial charge < -0.3 is 0 Å². The Morgan fingerprint density at radius 1 is 0.857 bits per heavy atom. The fourth-order valence-electron chi connectivity index (χ4n) is 2.20. The van der Waals surface area contributed by atoms with Crippen molar-refractivity contribution in [3.05, 3.63) is 66.1 Å². The van der Waals surface area contributed by atoms with Gasteiger partial charge in [-0.1, -0.05) is 30.3 Å². The van der Waals surface area contributed by atoms with Gasteiger partial charge in [-0.25, -0.2) is 9.37 Å². The van der Waals surface area contributed by atoms with Crippen LogP contribution in [0.1, 0.15) is 5.69 Å². The molecule has 0 saturated heterocycles. The number of alkyl halides is 3. The van der Waals surface area contributed by atoms with Crippen LogP contribution in [-0.4, -0.2) is 4.98 Å². The molecular weight excluding hydrogens is 282 g/mol. The van der Waals surface area contributed by atoms with Crippen LogP contribution >= 0.6 is 0 Å². The zero-order chi connectivity index (χ0) is 15.0. The highest BCUT2D eigenvalue weighted by Gasteiger charge is 2.33. The Hall–Kier alpha value is -2.43. The van der Waals surface area contributed by atoms with Crippen molar-refractivity contribution in [1.82, 2.24) is 4.98 Å². The second-order valence-electron chi connectivity index (χ2n) is 4.58. The molecule has 0 spiro atoms. The number of fused-ring (bicyclic) bond motifs is 1. The first-order valence-corrected chi connectivity index (χ1v) is 6.18. The minimum absolute atomic E-state index is 0.116.